The smallest absolute Gasteiger partial charge is 0.132 e. The van der Waals surface area contributed by atoms with Crippen LogP contribution in [0.1, 0.15) is 59.1 Å². The molecule has 0 aliphatic carbocycles. The fourth-order valence-corrected chi connectivity index (χ4v) is 3.10. The summed E-state index contributed by atoms with van der Waals surface area (Å²) in [5.41, 5.74) is 4.91. The first-order valence-electron chi connectivity index (χ1n) is 8.37. The van der Waals surface area contributed by atoms with Gasteiger partial charge in [-0.05, 0) is 69.9 Å². The summed E-state index contributed by atoms with van der Waals surface area (Å²) < 4.78 is 6.25. The molecule has 1 aliphatic heterocycles. The monoisotopic (exact) mass is 312 g/mol. The lowest BCUT2D eigenvalue weighted by Gasteiger charge is -2.35. The molecule has 1 N–H and O–H groups in total. The Morgan fingerprint density at radius 3 is 2.61 bits per heavy atom. The number of hydrogen-bond acceptors (Lipinski definition) is 2. The van der Waals surface area contributed by atoms with Crippen molar-refractivity contribution in [2.45, 2.75) is 60.0 Å². The van der Waals surface area contributed by atoms with Gasteiger partial charge in [0.05, 0.1) is 5.56 Å². The van der Waals surface area contributed by atoms with Crippen LogP contribution in [0.2, 0.25) is 0 Å². The van der Waals surface area contributed by atoms with Gasteiger partial charge in [-0.15, -0.1) is 0 Å². The summed E-state index contributed by atoms with van der Waals surface area (Å²) in [7, 11) is 0. The van der Waals surface area contributed by atoms with Gasteiger partial charge in [0, 0.05) is 0 Å². The van der Waals surface area contributed by atoms with Crippen LogP contribution in [0.3, 0.4) is 0 Å². The molecule has 0 fully saturated rings. The molecule has 0 atom stereocenters. The highest BCUT2D eigenvalue weighted by atomic mass is 16.5. The van der Waals surface area contributed by atoms with Gasteiger partial charge in [0.25, 0.3) is 0 Å². The van der Waals surface area contributed by atoms with Gasteiger partial charge in [-0.1, -0.05) is 37.1 Å². The lowest BCUT2D eigenvalue weighted by atomic mass is 9.85. The van der Waals surface area contributed by atoms with Crippen molar-refractivity contribution in [3.63, 3.8) is 0 Å². The predicted octanol–water partition coefficient (Wildman–Crippen LogP) is 5.81. The Morgan fingerprint density at radius 2 is 2.00 bits per heavy atom. The van der Waals surface area contributed by atoms with Gasteiger partial charge in [0.15, 0.2) is 0 Å². The fraction of sp³-hybridized carbons (Fsp3) is 0.429. The zero-order chi connectivity index (χ0) is 17.2. The molecule has 0 bridgehead atoms. The summed E-state index contributed by atoms with van der Waals surface area (Å²) >= 11 is 0. The minimum absolute atomic E-state index is 0.313. The number of rotatable bonds is 4. The largest absolute Gasteiger partial charge is 0.507 e. The molecule has 2 rings (SSSR count). The third-order valence-electron chi connectivity index (χ3n) is 4.44. The number of phenolic OH excluding ortho intramolecular Hbond substituents is 1. The second kappa shape index (κ2) is 6.66. The van der Waals surface area contributed by atoms with E-state index in [2.05, 4.69) is 58.9 Å². The molecule has 1 aromatic carbocycles. The second-order valence-corrected chi connectivity index (χ2v) is 6.76. The highest BCUT2D eigenvalue weighted by Gasteiger charge is 2.33. The normalized spacial score (nSPS) is 17.4. The Labute approximate surface area is 140 Å². The van der Waals surface area contributed by atoms with Crippen LogP contribution in [0.25, 0.3) is 5.57 Å². The van der Waals surface area contributed by atoms with Crippen LogP contribution in [0.4, 0.5) is 0 Å². The molecule has 124 valence electrons. The number of aromatic hydroxyl groups is 1. The summed E-state index contributed by atoms with van der Waals surface area (Å²) in [6.07, 6.45) is 8.27. The molecule has 1 aliphatic rings. The number of hydrogen-bond donors (Lipinski definition) is 1. The number of phenols is 1. The number of aryl methyl sites for hydroxylation is 1. The minimum atomic E-state index is -0.418. The van der Waals surface area contributed by atoms with Crippen molar-refractivity contribution in [3.05, 3.63) is 52.6 Å². The number of ether oxygens (including phenoxy) is 1. The predicted molar refractivity (Wildman–Crippen MR) is 98.0 cm³/mol. The highest BCUT2D eigenvalue weighted by Crippen LogP contribution is 2.45. The Kier molecular flexibility index (Phi) is 5.03. The van der Waals surface area contributed by atoms with Crippen molar-refractivity contribution < 1.29 is 9.84 Å². The van der Waals surface area contributed by atoms with Gasteiger partial charge in [0.2, 0.25) is 0 Å². The van der Waals surface area contributed by atoms with E-state index in [1.54, 1.807) is 0 Å². The molecular weight excluding hydrogens is 284 g/mol. The molecule has 2 heteroatoms. The maximum absolute atomic E-state index is 10.5. The molecule has 1 aromatic rings. The molecule has 0 spiro atoms. The maximum Gasteiger partial charge on any atom is 0.132 e. The van der Waals surface area contributed by atoms with E-state index in [1.807, 2.05) is 13.0 Å². The van der Waals surface area contributed by atoms with Crippen molar-refractivity contribution in [1.29, 1.82) is 0 Å². The van der Waals surface area contributed by atoms with Crippen LogP contribution in [0.5, 0.6) is 11.5 Å². The van der Waals surface area contributed by atoms with Crippen molar-refractivity contribution in [2.75, 3.05) is 0 Å². The van der Waals surface area contributed by atoms with E-state index in [9.17, 15) is 5.11 Å². The van der Waals surface area contributed by atoms with Crippen molar-refractivity contribution in [3.8, 4) is 11.5 Å². The van der Waals surface area contributed by atoms with Crippen LogP contribution in [0, 0.1) is 0 Å². The maximum atomic E-state index is 10.5. The van der Waals surface area contributed by atoms with Crippen molar-refractivity contribution >= 4 is 5.57 Å². The summed E-state index contributed by atoms with van der Waals surface area (Å²) in [5.74, 6) is 1.10. The molecule has 2 nitrogen and oxygen atoms in total. The number of allylic oxidation sites excluding steroid dienone is 4. The molecule has 0 aromatic heterocycles. The van der Waals surface area contributed by atoms with Crippen LogP contribution < -0.4 is 4.74 Å². The van der Waals surface area contributed by atoms with E-state index >= 15 is 0 Å². The Balaban J connectivity index is 2.58. The second-order valence-electron chi connectivity index (χ2n) is 6.76. The summed E-state index contributed by atoms with van der Waals surface area (Å²) in [4.78, 5) is 0. The van der Waals surface area contributed by atoms with E-state index in [0.29, 0.717) is 5.75 Å². The minimum Gasteiger partial charge on any atom is -0.507 e. The molecule has 0 saturated heterocycles. The van der Waals surface area contributed by atoms with Crippen LogP contribution >= 0.6 is 0 Å². The first-order valence-corrected chi connectivity index (χ1v) is 8.37. The first-order chi connectivity index (χ1) is 10.8. The molecule has 0 radical (unpaired) electrons. The average Bonchev–Trinajstić information content (AvgIpc) is 2.45. The zero-order valence-electron chi connectivity index (χ0n) is 15.2. The van der Waals surface area contributed by atoms with Gasteiger partial charge in [0.1, 0.15) is 17.1 Å². The van der Waals surface area contributed by atoms with E-state index in [0.717, 1.165) is 40.9 Å². The number of benzene rings is 1. The van der Waals surface area contributed by atoms with E-state index in [-0.39, 0.29) is 0 Å². The summed E-state index contributed by atoms with van der Waals surface area (Å²) in [6.45, 7) is 12.5. The van der Waals surface area contributed by atoms with E-state index in [4.69, 9.17) is 4.74 Å². The quantitative estimate of drug-likeness (QED) is 0.711. The standard InChI is InChI=1S/C21H28O2/c1-7-9-16-12-18(22)20-15(4)17(11-10-14(3)8-2)21(5,6)23-19(20)13-16/h8,10-13,22H,7,9H2,1-6H3/b11-10-,14-8-. The molecule has 23 heavy (non-hydrogen) atoms. The number of fused-ring (bicyclic) bond motifs is 1. The van der Waals surface area contributed by atoms with Gasteiger partial charge in [-0.25, -0.2) is 0 Å². The Hall–Kier alpha value is -1.96. The average molecular weight is 312 g/mol. The van der Waals surface area contributed by atoms with Crippen LogP contribution in [0.15, 0.2) is 41.5 Å². The molecular formula is C21H28O2. The first kappa shape index (κ1) is 17.4. The summed E-state index contributed by atoms with van der Waals surface area (Å²) in [6, 6.07) is 3.94. The van der Waals surface area contributed by atoms with E-state index in [1.165, 1.54) is 5.57 Å². The topological polar surface area (TPSA) is 29.5 Å². The van der Waals surface area contributed by atoms with E-state index < -0.39 is 5.60 Å². The van der Waals surface area contributed by atoms with Crippen molar-refractivity contribution in [2.24, 2.45) is 0 Å². The lowest BCUT2D eigenvalue weighted by molar-refractivity contribution is 0.147. The fourth-order valence-electron chi connectivity index (χ4n) is 3.10. The highest BCUT2D eigenvalue weighted by molar-refractivity contribution is 5.81. The Morgan fingerprint density at radius 1 is 1.30 bits per heavy atom. The van der Waals surface area contributed by atoms with Crippen LogP contribution in [-0.4, -0.2) is 10.7 Å². The third kappa shape index (κ3) is 3.52. The van der Waals surface area contributed by atoms with Gasteiger partial charge in [-0.2, -0.15) is 0 Å². The van der Waals surface area contributed by atoms with Gasteiger partial charge in [-0.3, -0.25) is 0 Å². The Bertz CT molecular complexity index is 688. The molecule has 0 saturated carbocycles. The SMILES string of the molecule is C/C=C(C)\C=C/C1=C(C)c2c(O)cc(CCC)cc2OC1(C)C. The third-order valence-corrected chi connectivity index (χ3v) is 4.44. The van der Waals surface area contributed by atoms with Crippen molar-refractivity contribution in [1.82, 2.24) is 0 Å². The zero-order valence-corrected chi connectivity index (χ0v) is 15.2. The lowest BCUT2D eigenvalue weighted by Crippen LogP contribution is -2.33. The van der Waals surface area contributed by atoms with Gasteiger partial charge >= 0.3 is 0 Å². The van der Waals surface area contributed by atoms with Crippen LogP contribution in [-0.2, 0) is 6.42 Å². The van der Waals surface area contributed by atoms with Gasteiger partial charge < -0.3 is 9.84 Å². The molecule has 1 heterocycles. The molecule has 0 unspecified atom stereocenters. The summed E-state index contributed by atoms with van der Waals surface area (Å²) in [5, 5.41) is 10.5. The molecule has 0 amide bonds.